The molecule has 0 radical (unpaired) electrons. The molecule has 1 amide bonds. The molecule has 214 valence electrons. The summed E-state index contributed by atoms with van der Waals surface area (Å²) in [7, 11) is 1.20. The number of halogens is 5. The normalized spacial score (nSPS) is 17.5. The molecule has 3 heterocycles. The van der Waals surface area contributed by atoms with Gasteiger partial charge in [-0.25, -0.2) is 14.2 Å². The number of rotatable bonds is 7. The molecule has 0 bridgehead atoms. The lowest BCUT2D eigenvalue weighted by atomic mass is 9.85. The van der Waals surface area contributed by atoms with Gasteiger partial charge < -0.3 is 14.4 Å². The summed E-state index contributed by atoms with van der Waals surface area (Å²) in [6.45, 7) is 0.708. The van der Waals surface area contributed by atoms with E-state index < -0.39 is 60.5 Å². The minimum atomic E-state index is -4.64. The fourth-order valence-corrected chi connectivity index (χ4v) is 5.54. The standard InChI is InChI=1S/C25H23ClF4N4O5S/c1-13-8-20(25(28,29)30)32-34(13)10-21(35)33-7-6-14(15(9-33)23(36)38-2)22-31-19(12-40-22)24(37)39-11-16-17(26)4-3-5-18(16)27/h3-5,8,12,14-15H,6-7,9-11H2,1-2H3. The van der Waals surface area contributed by atoms with Gasteiger partial charge in [-0.2, -0.15) is 18.3 Å². The van der Waals surface area contributed by atoms with Crippen LogP contribution in [0.15, 0.2) is 29.6 Å². The summed E-state index contributed by atoms with van der Waals surface area (Å²) in [4.78, 5) is 43.8. The third kappa shape index (κ3) is 6.44. The number of hydrogen-bond acceptors (Lipinski definition) is 8. The molecule has 1 aliphatic rings. The Balaban J connectivity index is 1.43. The zero-order chi connectivity index (χ0) is 29.2. The molecule has 0 spiro atoms. The highest BCUT2D eigenvalue weighted by Gasteiger charge is 2.40. The Kier molecular flexibility index (Phi) is 8.78. The van der Waals surface area contributed by atoms with Crippen molar-refractivity contribution in [2.75, 3.05) is 20.2 Å². The highest BCUT2D eigenvalue weighted by molar-refractivity contribution is 7.09. The van der Waals surface area contributed by atoms with Gasteiger partial charge in [-0.15, -0.1) is 11.3 Å². The summed E-state index contributed by atoms with van der Waals surface area (Å²) in [5.74, 6) is -3.87. The van der Waals surface area contributed by atoms with Gasteiger partial charge in [0.2, 0.25) is 5.91 Å². The van der Waals surface area contributed by atoms with Crippen LogP contribution in [-0.4, -0.2) is 57.7 Å². The van der Waals surface area contributed by atoms with Gasteiger partial charge in [0, 0.05) is 35.6 Å². The number of thiazole rings is 1. The van der Waals surface area contributed by atoms with Crippen molar-refractivity contribution in [3.05, 3.63) is 68.1 Å². The van der Waals surface area contributed by atoms with Gasteiger partial charge in [0.05, 0.1) is 23.1 Å². The SMILES string of the molecule is COC(=O)C1CN(C(=O)Cn2nc(C(F)(F)F)cc2C)CCC1c1nc(C(=O)OCc2c(F)cccc2Cl)cs1. The van der Waals surface area contributed by atoms with E-state index >= 15 is 0 Å². The molecule has 2 aromatic heterocycles. The molecule has 0 saturated carbocycles. The van der Waals surface area contributed by atoms with Crippen molar-refractivity contribution >= 4 is 40.8 Å². The second kappa shape index (κ2) is 11.9. The maximum Gasteiger partial charge on any atom is 0.435 e. The number of amides is 1. The highest BCUT2D eigenvalue weighted by atomic mass is 35.5. The summed E-state index contributed by atoms with van der Waals surface area (Å²) in [6.07, 6.45) is -4.36. The number of carbonyl (C=O) groups is 3. The van der Waals surface area contributed by atoms with E-state index in [9.17, 15) is 31.9 Å². The largest absolute Gasteiger partial charge is 0.469 e. The van der Waals surface area contributed by atoms with Crippen molar-refractivity contribution in [2.45, 2.75) is 38.6 Å². The number of alkyl halides is 3. The predicted octanol–water partition coefficient (Wildman–Crippen LogP) is 4.62. The molecule has 40 heavy (non-hydrogen) atoms. The number of piperidine rings is 1. The second-order valence-corrected chi connectivity index (χ2v) is 10.3. The zero-order valence-electron chi connectivity index (χ0n) is 21.2. The lowest BCUT2D eigenvalue weighted by molar-refractivity contribution is -0.150. The lowest BCUT2D eigenvalue weighted by Gasteiger charge is -2.36. The number of hydrogen-bond donors (Lipinski definition) is 0. The monoisotopic (exact) mass is 602 g/mol. The van der Waals surface area contributed by atoms with Crippen LogP contribution in [0.4, 0.5) is 17.6 Å². The summed E-state index contributed by atoms with van der Waals surface area (Å²) in [5.41, 5.74) is -0.946. The van der Waals surface area contributed by atoms with Crippen molar-refractivity contribution in [2.24, 2.45) is 5.92 Å². The molecule has 4 rings (SSSR count). The van der Waals surface area contributed by atoms with Crippen LogP contribution < -0.4 is 0 Å². The molecule has 1 saturated heterocycles. The first-order chi connectivity index (χ1) is 18.9. The Labute approximate surface area is 234 Å². The maximum atomic E-state index is 14.0. The Morgan fingerprint density at radius 3 is 2.65 bits per heavy atom. The molecule has 15 heteroatoms. The Morgan fingerprint density at radius 1 is 1.25 bits per heavy atom. The third-order valence-electron chi connectivity index (χ3n) is 6.48. The average Bonchev–Trinajstić information content (AvgIpc) is 3.55. The molecule has 1 aliphatic heterocycles. The van der Waals surface area contributed by atoms with E-state index in [4.69, 9.17) is 21.1 Å². The van der Waals surface area contributed by atoms with E-state index in [1.165, 1.54) is 42.5 Å². The molecule has 9 nitrogen and oxygen atoms in total. The minimum absolute atomic E-state index is 0.0238. The van der Waals surface area contributed by atoms with Gasteiger partial charge in [-0.05, 0) is 31.5 Å². The minimum Gasteiger partial charge on any atom is -0.469 e. The predicted molar refractivity (Wildman–Crippen MR) is 134 cm³/mol. The first-order valence-electron chi connectivity index (χ1n) is 11.9. The van der Waals surface area contributed by atoms with Gasteiger partial charge in [-0.3, -0.25) is 14.3 Å². The number of benzene rings is 1. The van der Waals surface area contributed by atoms with Gasteiger partial charge >= 0.3 is 18.1 Å². The molecule has 1 fully saturated rings. The molecule has 2 unspecified atom stereocenters. The topological polar surface area (TPSA) is 104 Å². The van der Waals surface area contributed by atoms with Gasteiger partial charge in [0.15, 0.2) is 11.4 Å². The van der Waals surface area contributed by atoms with Crippen LogP contribution in [0, 0.1) is 18.7 Å². The van der Waals surface area contributed by atoms with Crippen molar-refractivity contribution < 1.29 is 41.4 Å². The van der Waals surface area contributed by atoms with Crippen LogP contribution in [0.25, 0.3) is 0 Å². The van der Waals surface area contributed by atoms with Crippen LogP contribution >= 0.6 is 22.9 Å². The number of likely N-dealkylation sites (tertiary alicyclic amines) is 1. The first-order valence-corrected chi connectivity index (χ1v) is 13.2. The number of ether oxygens (including phenoxy) is 2. The van der Waals surface area contributed by atoms with Crippen LogP contribution in [0.2, 0.25) is 5.02 Å². The smallest absolute Gasteiger partial charge is 0.435 e. The average molecular weight is 603 g/mol. The summed E-state index contributed by atoms with van der Waals surface area (Å²) < 4.78 is 64.0. The number of aromatic nitrogens is 3. The Hall–Kier alpha value is -3.52. The van der Waals surface area contributed by atoms with Crippen molar-refractivity contribution in [1.29, 1.82) is 0 Å². The van der Waals surface area contributed by atoms with Crippen LogP contribution in [0.5, 0.6) is 0 Å². The van der Waals surface area contributed by atoms with Crippen LogP contribution in [0.3, 0.4) is 0 Å². The summed E-state index contributed by atoms with van der Waals surface area (Å²) in [6, 6.07) is 4.94. The second-order valence-electron chi connectivity index (χ2n) is 9.04. The van der Waals surface area contributed by atoms with Crippen molar-refractivity contribution in [1.82, 2.24) is 19.7 Å². The lowest BCUT2D eigenvalue weighted by Crippen LogP contribution is -2.47. The fourth-order valence-electron chi connectivity index (χ4n) is 4.33. The van der Waals surface area contributed by atoms with E-state index in [-0.39, 0.29) is 41.5 Å². The maximum absolute atomic E-state index is 14.0. The molecular formula is C25H23ClF4N4O5S. The molecule has 0 aliphatic carbocycles. The van der Waals surface area contributed by atoms with Crippen molar-refractivity contribution in [3.63, 3.8) is 0 Å². The fraction of sp³-hybridized carbons (Fsp3) is 0.400. The van der Waals surface area contributed by atoms with E-state index in [1.807, 2.05) is 0 Å². The number of aryl methyl sites for hydroxylation is 1. The molecular weight excluding hydrogens is 580 g/mol. The van der Waals surface area contributed by atoms with Gasteiger partial charge in [0.25, 0.3) is 0 Å². The quantitative estimate of drug-likeness (QED) is 0.287. The van der Waals surface area contributed by atoms with Crippen molar-refractivity contribution in [3.8, 4) is 0 Å². The highest BCUT2D eigenvalue weighted by Crippen LogP contribution is 2.36. The summed E-state index contributed by atoms with van der Waals surface area (Å²) in [5, 5.41) is 5.48. The first kappa shape index (κ1) is 29.5. The Bertz CT molecular complexity index is 1410. The third-order valence-corrected chi connectivity index (χ3v) is 7.81. The molecule has 1 aromatic carbocycles. The summed E-state index contributed by atoms with van der Waals surface area (Å²) >= 11 is 7.08. The number of methoxy groups -OCH3 is 1. The van der Waals surface area contributed by atoms with Crippen LogP contribution in [-0.2, 0) is 38.4 Å². The van der Waals surface area contributed by atoms with E-state index in [1.54, 1.807) is 0 Å². The zero-order valence-corrected chi connectivity index (χ0v) is 22.8. The van der Waals surface area contributed by atoms with Gasteiger partial charge in [-0.1, -0.05) is 17.7 Å². The van der Waals surface area contributed by atoms with E-state index in [0.29, 0.717) is 5.01 Å². The van der Waals surface area contributed by atoms with Crippen LogP contribution in [0.1, 0.15) is 44.8 Å². The van der Waals surface area contributed by atoms with Gasteiger partial charge in [0.1, 0.15) is 19.0 Å². The van der Waals surface area contributed by atoms with E-state index in [2.05, 4.69) is 10.1 Å². The molecule has 2 atom stereocenters. The molecule has 3 aromatic rings. The Morgan fingerprint density at radius 2 is 2.00 bits per heavy atom. The number of carbonyl (C=O) groups excluding carboxylic acids is 3. The number of esters is 2. The number of nitrogens with zero attached hydrogens (tertiary/aromatic N) is 4. The van der Waals surface area contributed by atoms with E-state index in [0.717, 1.165) is 22.1 Å². The molecule has 0 N–H and O–H groups in total.